The average Bonchev–Trinajstić information content (AvgIpc) is 2.38. The smallest absolute Gasteiger partial charge is 0.239 e. The van der Waals surface area contributed by atoms with Crippen molar-refractivity contribution in [2.75, 3.05) is 11.9 Å². The van der Waals surface area contributed by atoms with Gasteiger partial charge in [0.25, 0.3) is 0 Å². The summed E-state index contributed by atoms with van der Waals surface area (Å²) in [7, 11) is 0. The zero-order valence-electron chi connectivity index (χ0n) is 10.9. The van der Waals surface area contributed by atoms with Crippen LogP contribution in [0.4, 0.5) is 18.9 Å². The molecular formula is C13H17F3N2O. The minimum Gasteiger partial charge on any atom is -0.374 e. The number of amides is 1. The molecule has 0 aromatic heterocycles. The Morgan fingerprint density at radius 3 is 2.26 bits per heavy atom. The average molecular weight is 274 g/mol. The maximum Gasteiger partial charge on any atom is 0.239 e. The lowest BCUT2D eigenvalue weighted by atomic mass is 10.2. The molecule has 0 fully saturated rings. The van der Waals surface area contributed by atoms with Gasteiger partial charge < -0.3 is 10.6 Å². The van der Waals surface area contributed by atoms with Crippen LogP contribution < -0.4 is 10.6 Å². The van der Waals surface area contributed by atoms with Crippen LogP contribution in [0.1, 0.15) is 26.7 Å². The summed E-state index contributed by atoms with van der Waals surface area (Å²) in [5.41, 5.74) is -0.237. The molecule has 0 radical (unpaired) electrons. The number of benzene rings is 1. The maximum absolute atomic E-state index is 13.3. The summed E-state index contributed by atoms with van der Waals surface area (Å²) in [6.45, 7) is 3.69. The highest BCUT2D eigenvalue weighted by atomic mass is 19.2. The molecule has 6 heteroatoms. The minimum atomic E-state index is -1.26. The quantitative estimate of drug-likeness (QED) is 0.783. The third-order valence-corrected chi connectivity index (χ3v) is 2.80. The fourth-order valence-corrected chi connectivity index (χ4v) is 1.61. The van der Waals surface area contributed by atoms with E-state index in [2.05, 4.69) is 10.6 Å². The molecule has 1 amide bonds. The first-order valence-electron chi connectivity index (χ1n) is 6.15. The summed E-state index contributed by atoms with van der Waals surface area (Å²) >= 11 is 0. The first-order valence-corrected chi connectivity index (χ1v) is 6.15. The van der Waals surface area contributed by atoms with Gasteiger partial charge in [-0.25, -0.2) is 13.2 Å². The lowest BCUT2D eigenvalue weighted by Gasteiger charge is -2.15. The summed E-state index contributed by atoms with van der Waals surface area (Å²) in [6.07, 6.45) is 1.59. The molecule has 0 unspecified atom stereocenters. The number of halogens is 3. The first-order chi connectivity index (χ1) is 8.97. The van der Waals surface area contributed by atoms with Crippen molar-refractivity contribution < 1.29 is 18.0 Å². The van der Waals surface area contributed by atoms with Gasteiger partial charge >= 0.3 is 0 Å². The van der Waals surface area contributed by atoms with Crippen LogP contribution in [-0.2, 0) is 4.79 Å². The molecule has 19 heavy (non-hydrogen) atoms. The van der Waals surface area contributed by atoms with Crippen molar-refractivity contribution in [1.29, 1.82) is 0 Å². The van der Waals surface area contributed by atoms with E-state index in [1.165, 1.54) is 0 Å². The van der Waals surface area contributed by atoms with Crippen LogP contribution in [0.3, 0.4) is 0 Å². The Morgan fingerprint density at radius 1 is 1.11 bits per heavy atom. The highest BCUT2D eigenvalue weighted by Gasteiger charge is 2.12. The lowest BCUT2D eigenvalue weighted by Crippen LogP contribution is -2.37. The number of rotatable bonds is 6. The number of carbonyl (C=O) groups excluding carboxylic acids is 1. The number of hydrogen-bond donors (Lipinski definition) is 2. The summed E-state index contributed by atoms with van der Waals surface area (Å²) < 4.78 is 38.9. The summed E-state index contributed by atoms with van der Waals surface area (Å²) in [5.74, 6) is -3.68. The van der Waals surface area contributed by atoms with Gasteiger partial charge in [-0.05, 0) is 12.8 Å². The molecule has 0 bridgehead atoms. The van der Waals surface area contributed by atoms with Crippen LogP contribution in [-0.4, -0.2) is 18.5 Å². The topological polar surface area (TPSA) is 41.1 Å². The number of anilines is 1. The molecule has 0 saturated carbocycles. The molecule has 0 atom stereocenters. The second kappa shape index (κ2) is 7.01. The Labute approximate surface area is 110 Å². The van der Waals surface area contributed by atoms with Gasteiger partial charge in [0, 0.05) is 18.2 Å². The predicted octanol–water partition coefficient (Wildman–Crippen LogP) is 2.82. The van der Waals surface area contributed by atoms with Crippen LogP contribution in [0, 0.1) is 17.5 Å². The molecule has 0 heterocycles. The van der Waals surface area contributed by atoms with Crippen molar-refractivity contribution in [3.05, 3.63) is 29.6 Å². The van der Waals surface area contributed by atoms with Crippen molar-refractivity contribution in [1.82, 2.24) is 5.32 Å². The largest absolute Gasteiger partial charge is 0.374 e. The molecule has 0 aliphatic carbocycles. The molecule has 106 valence electrons. The van der Waals surface area contributed by atoms with E-state index in [9.17, 15) is 18.0 Å². The molecule has 2 N–H and O–H groups in total. The fourth-order valence-electron chi connectivity index (χ4n) is 1.61. The van der Waals surface area contributed by atoms with Crippen molar-refractivity contribution in [3.8, 4) is 0 Å². The molecular weight excluding hydrogens is 257 g/mol. The highest BCUT2D eigenvalue weighted by Crippen LogP contribution is 2.17. The second-order valence-corrected chi connectivity index (χ2v) is 4.18. The van der Waals surface area contributed by atoms with Crippen molar-refractivity contribution >= 4 is 11.6 Å². The summed E-state index contributed by atoms with van der Waals surface area (Å²) in [6, 6.07) is 1.19. The Balaban J connectivity index is 2.57. The van der Waals surface area contributed by atoms with Crippen LogP contribution >= 0.6 is 0 Å². The van der Waals surface area contributed by atoms with Gasteiger partial charge in [-0.15, -0.1) is 0 Å². The van der Waals surface area contributed by atoms with E-state index >= 15 is 0 Å². The minimum absolute atomic E-state index is 0.0594. The van der Waals surface area contributed by atoms with E-state index in [1.54, 1.807) is 0 Å². The van der Waals surface area contributed by atoms with Crippen LogP contribution in [0.5, 0.6) is 0 Å². The van der Waals surface area contributed by atoms with Gasteiger partial charge in [0.1, 0.15) is 5.82 Å². The number of nitrogens with one attached hydrogen (secondary N) is 2. The fraction of sp³-hybridized carbons (Fsp3) is 0.462. The zero-order valence-corrected chi connectivity index (χ0v) is 10.9. The molecule has 1 aromatic carbocycles. The van der Waals surface area contributed by atoms with Gasteiger partial charge in [-0.1, -0.05) is 13.8 Å². The van der Waals surface area contributed by atoms with Crippen molar-refractivity contribution in [3.63, 3.8) is 0 Å². The Bertz CT molecular complexity index is 448. The van der Waals surface area contributed by atoms with Gasteiger partial charge in [-0.3, -0.25) is 4.79 Å². The van der Waals surface area contributed by atoms with E-state index in [-0.39, 0.29) is 24.2 Å². The third kappa shape index (κ3) is 4.46. The van der Waals surface area contributed by atoms with E-state index in [1.807, 2.05) is 13.8 Å². The Kier molecular flexibility index (Phi) is 5.66. The van der Waals surface area contributed by atoms with Crippen LogP contribution in [0.15, 0.2) is 12.1 Å². The summed E-state index contributed by atoms with van der Waals surface area (Å²) in [4.78, 5) is 11.5. The van der Waals surface area contributed by atoms with Crippen LogP contribution in [0.25, 0.3) is 0 Å². The monoisotopic (exact) mass is 274 g/mol. The number of hydrogen-bond acceptors (Lipinski definition) is 2. The Morgan fingerprint density at radius 2 is 1.68 bits per heavy atom. The van der Waals surface area contributed by atoms with Gasteiger partial charge in [-0.2, -0.15) is 0 Å². The number of carbonyl (C=O) groups is 1. The van der Waals surface area contributed by atoms with Gasteiger partial charge in [0.15, 0.2) is 11.6 Å². The van der Waals surface area contributed by atoms with Crippen molar-refractivity contribution in [2.45, 2.75) is 32.7 Å². The van der Waals surface area contributed by atoms with Crippen molar-refractivity contribution in [2.24, 2.45) is 0 Å². The predicted molar refractivity (Wildman–Crippen MR) is 67.3 cm³/mol. The first kappa shape index (κ1) is 15.3. The molecule has 0 aliphatic heterocycles. The molecule has 0 spiro atoms. The van der Waals surface area contributed by atoms with Gasteiger partial charge in [0.05, 0.1) is 12.2 Å². The molecule has 3 nitrogen and oxygen atoms in total. The summed E-state index contributed by atoms with van der Waals surface area (Å²) in [5, 5.41) is 5.18. The molecule has 0 aliphatic rings. The van der Waals surface area contributed by atoms with E-state index < -0.39 is 17.5 Å². The molecule has 1 aromatic rings. The SMILES string of the molecule is CCC(CC)NC(=O)CNc1cc(F)c(F)cc1F. The standard InChI is InChI=1S/C13H17F3N2O/c1-3-8(4-2)18-13(19)7-17-12-6-10(15)9(14)5-11(12)16/h5-6,8,17H,3-4,7H2,1-2H3,(H,18,19). The lowest BCUT2D eigenvalue weighted by molar-refractivity contribution is -0.120. The second-order valence-electron chi connectivity index (χ2n) is 4.18. The van der Waals surface area contributed by atoms with E-state index in [4.69, 9.17) is 0 Å². The highest BCUT2D eigenvalue weighted by molar-refractivity contribution is 5.81. The zero-order chi connectivity index (χ0) is 14.4. The van der Waals surface area contributed by atoms with E-state index in [0.29, 0.717) is 12.1 Å². The molecule has 0 saturated heterocycles. The normalized spacial score (nSPS) is 10.6. The van der Waals surface area contributed by atoms with E-state index in [0.717, 1.165) is 12.8 Å². The molecule has 1 rings (SSSR count). The third-order valence-electron chi connectivity index (χ3n) is 2.80. The maximum atomic E-state index is 13.3. The van der Waals surface area contributed by atoms with Crippen LogP contribution in [0.2, 0.25) is 0 Å². The Hall–Kier alpha value is -1.72. The van der Waals surface area contributed by atoms with Gasteiger partial charge in [0.2, 0.25) is 5.91 Å².